The van der Waals surface area contributed by atoms with Crippen molar-refractivity contribution in [2.45, 2.75) is 61.0 Å². The molecule has 0 aromatic heterocycles. The zero-order valence-corrected chi connectivity index (χ0v) is 26.5. The van der Waals surface area contributed by atoms with Crippen LogP contribution in [-0.2, 0) is 31.4 Å². The maximum absolute atomic E-state index is 15.4. The van der Waals surface area contributed by atoms with Crippen LogP contribution < -0.4 is 16.0 Å². The topological polar surface area (TPSA) is 137 Å². The lowest BCUT2D eigenvalue weighted by molar-refractivity contribution is -0.121. The highest BCUT2D eigenvalue weighted by Gasteiger charge is 2.47. The maximum Gasteiger partial charge on any atom is 0.405 e. The number of rotatable bonds is 10. The Morgan fingerprint density at radius 2 is 1.72 bits per heavy atom. The number of hydrogen-bond donors (Lipinski definition) is 4. The van der Waals surface area contributed by atoms with Crippen molar-refractivity contribution in [3.05, 3.63) is 95.3 Å². The van der Waals surface area contributed by atoms with Gasteiger partial charge >= 0.3 is 6.09 Å². The zero-order valence-electron chi connectivity index (χ0n) is 25.7. The number of amides is 2. The third-order valence-electron chi connectivity index (χ3n) is 9.00. The maximum atomic E-state index is 15.4. The summed E-state index contributed by atoms with van der Waals surface area (Å²) in [5.74, 6) is -3.70. The summed E-state index contributed by atoms with van der Waals surface area (Å²) < 4.78 is 77.9. The Bertz CT molecular complexity index is 1710. The van der Waals surface area contributed by atoms with Gasteiger partial charge in [0.2, 0.25) is 15.9 Å². The van der Waals surface area contributed by atoms with Crippen LogP contribution in [0.25, 0.3) is 0 Å². The van der Waals surface area contributed by atoms with Gasteiger partial charge in [-0.25, -0.2) is 26.4 Å². The number of halogens is 3. The normalized spacial score (nSPS) is 20.7. The van der Waals surface area contributed by atoms with Crippen LogP contribution >= 0.6 is 0 Å². The summed E-state index contributed by atoms with van der Waals surface area (Å²) in [6.45, 7) is 2.82. The first-order chi connectivity index (χ1) is 22.4. The van der Waals surface area contributed by atoms with Crippen molar-refractivity contribution in [2.75, 3.05) is 31.6 Å². The minimum atomic E-state index is -3.87. The minimum absolute atomic E-state index is 0.0430. The summed E-state index contributed by atoms with van der Waals surface area (Å²) in [6, 6.07) is 12.9. The average molecular weight is 675 g/mol. The van der Waals surface area contributed by atoms with Gasteiger partial charge in [-0.15, -0.1) is 0 Å². The molecule has 2 fully saturated rings. The van der Waals surface area contributed by atoms with Crippen molar-refractivity contribution in [1.82, 2.24) is 14.9 Å². The van der Waals surface area contributed by atoms with Crippen LogP contribution in [0.3, 0.4) is 0 Å². The monoisotopic (exact) mass is 674 g/mol. The lowest BCUT2D eigenvalue weighted by Gasteiger charge is -2.43. The van der Waals surface area contributed by atoms with Crippen LogP contribution in [0.15, 0.2) is 71.6 Å². The van der Waals surface area contributed by atoms with Gasteiger partial charge in [0.1, 0.15) is 11.9 Å². The molecule has 252 valence electrons. The summed E-state index contributed by atoms with van der Waals surface area (Å²) in [7, 11) is -3.87. The Labute approximate surface area is 271 Å². The van der Waals surface area contributed by atoms with Crippen molar-refractivity contribution in [3.8, 4) is 0 Å². The summed E-state index contributed by atoms with van der Waals surface area (Å²) >= 11 is 0. The first-order valence-electron chi connectivity index (χ1n) is 15.3. The summed E-state index contributed by atoms with van der Waals surface area (Å²) in [4.78, 5) is 26.1. The van der Waals surface area contributed by atoms with Crippen LogP contribution in [0.4, 0.5) is 23.7 Å². The molecular weight excluding hydrogens is 637 g/mol. The molecule has 3 aromatic carbocycles. The van der Waals surface area contributed by atoms with Crippen LogP contribution in [0.5, 0.6) is 0 Å². The minimum Gasteiger partial charge on any atom is -0.465 e. The van der Waals surface area contributed by atoms with Crippen LogP contribution in [-0.4, -0.2) is 74.3 Å². The smallest absolute Gasteiger partial charge is 0.405 e. The van der Waals surface area contributed by atoms with Gasteiger partial charge in [0.25, 0.3) is 0 Å². The number of carboxylic acid groups (broad SMARTS) is 1. The second kappa shape index (κ2) is 14.4. The third-order valence-corrected chi connectivity index (χ3v) is 11.1. The summed E-state index contributed by atoms with van der Waals surface area (Å²) in [5, 5.41) is 17.9. The molecule has 47 heavy (non-hydrogen) atoms. The fourth-order valence-corrected chi connectivity index (χ4v) is 8.55. The molecule has 0 aliphatic carbocycles. The first-order valence-corrected chi connectivity index (χ1v) is 16.8. The summed E-state index contributed by atoms with van der Waals surface area (Å²) in [5.41, 5.74) is -0.904. The Morgan fingerprint density at radius 3 is 2.40 bits per heavy atom. The average Bonchev–Trinajstić information content (AvgIpc) is 3.05. The molecule has 0 unspecified atom stereocenters. The van der Waals surface area contributed by atoms with Crippen molar-refractivity contribution in [3.63, 3.8) is 0 Å². The van der Waals surface area contributed by atoms with Gasteiger partial charge in [0.05, 0.1) is 4.90 Å². The van der Waals surface area contributed by atoms with Crippen LogP contribution in [0, 0.1) is 17.5 Å². The lowest BCUT2D eigenvalue weighted by atomic mass is 9.68. The number of benzene rings is 3. The van der Waals surface area contributed by atoms with Crippen molar-refractivity contribution < 1.29 is 41.0 Å². The Kier molecular flexibility index (Phi) is 10.5. The molecule has 0 radical (unpaired) electrons. The Morgan fingerprint density at radius 1 is 1.00 bits per heavy atom. The molecule has 10 nitrogen and oxygen atoms in total. The van der Waals surface area contributed by atoms with Crippen LogP contribution in [0.1, 0.15) is 37.3 Å². The van der Waals surface area contributed by atoms with Crippen molar-refractivity contribution in [1.29, 1.82) is 0 Å². The Balaban J connectivity index is 1.43. The number of hydrogen-bond acceptors (Lipinski definition) is 6. The fourth-order valence-electron chi connectivity index (χ4n) is 6.68. The third kappa shape index (κ3) is 7.30. The van der Waals surface area contributed by atoms with Crippen molar-refractivity contribution in [2.24, 2.45) is 0 Å². The van der Waals surface area contributed by atoms with E-state index >= 15 is 4.39 Å². The van der Waals surface area contributed by atoms with E-state index in [9.17, 15) is 31.9 Å². The molecule has 2 aliphatic rings. The SMILES string of the molecule is C[C@H]1CNC[C@H](CCc2c(F)cccc2NC(=O)[C@@H](NC(=O)O)C2(c3ccc(F)c(F)c3)CCOCC2)N1S(=O)(=O)c1ccccc1. The van der Waals surface area contributed by atoms with E-state index < -0.39 is 57.0 Å². The first kappa shape index (κ1) is 34.4. The number of sulfonamides is 1. The van der Waals surface area contributed by atoms with Gasteiger partial charge in [-0.2, -0.15) is 4.31 Å². The lowest BCUT2D eigenvalue weighted by Crippen LogP contribution is -2.58. The van der Waals surface area contributed by atoms with Gasteiger partial charge in [-0.3, -0.25) is 4.79 Å². The fraction of sp³-hybridized carbons (Fsp3) is 0.394. The second-order valence-electron chi connectivity index (χ2n) is 11.9. The predicted molar refractivity (Wildman–Crippen MR) is 168 cm³/mol. The summed E-state index contributed by atoms with van der Waals surface area (Å²) in [6.07, 6.45) is -1.03. The number of piperazine rings is 1. The second-order valence-corrected chi connectivity index (χ2v) is 13.7. The molecular formula is C33H37F3N4O6S. The molecule has 14 heteroatoms. The van der Waals surface area contributed by atoms with E-state index in [0.29, 0.717) is 13.1 Å². The zero-order chi connectivity index (χ0) is 33.8. The Hall–Kier alpha value is -3.98. The quantitative estimate of drug-likeness (QED) is 0.250. The predicted octanol–water partition coefficient (Wildman–Crippen LogP) is 4.41. The van der Waals surface area contributed by atoms with E-state index in [2.05, 4.69) is 16.0 Å². The largest absolute Gasteiger partial charge is 0.465 e. The number of nitrogens with zero attached hydrogens (tertiary/aromatic N) is 1. The van der Waals surface area contributed by atoms with E-state index in [1.807, 2.05) is 0 Å². The van der Waals surface area contributed by atoms with Gasteiger partial charge in [0.15, 0.2) is 11.6 Å². The van der Waals surface area contributed by atoms with E-state index in [-0.39, 0.29) is 66.6 Å². The molecule has 0 spiro atoms. The molecule has 0 saturated carbocycles. The molecule has 2 saturated heterocycles. The molecule has 3 atom stereocenters. The number of anilines is 1. The molecule has 2 heterocycles. The number of carbonyl (C=O) groups excluding carboxylic acids is 1. The number of nitrogens with one attached hydrogen (secondary N) is 3. The van der Waals surface area contributed by atoms with Gasteiger partial charge in [-0.05, 0) is 74.6 Å². The molecule has 3 aromatic rings. The van der Waals surface area contributed by atoms with E-state index in [1.165, 1.54) is 40.7 Å². The number of carbonyl (C=O) groups is 2. The van der Waals surface area contributed by atoms with Crippen molar-refractivity contribution >= 4 is 27.7 Å². The van der Waals surface area contributed by atoms with E-state index in [4.69, 9.17) is 4.74 Å². The molecule has 4 N–H and O–H groups in total. The molecule has 5 rings (SSSR count). The molecule has 2 amide bonds. The van der Waals surface area contributed by atoms with Gasteiger partial charge in [-0.1, -0.05) is 30.3 Å². The highest BCUT2D eigenvalue weighted by Crippen LogP contribution is 2.40. The highest BCUT2D eigenvalue weighted by atomic mass is 32.2. The number of ether oxygens (including phenoxy) is 1. The highest BCUT2D eigenvalue weighted by molar-refractivity contribution is 7.89. The standard InChI is InChI=1S/C33H37F3N4O6S/c1-21-19-37-20-23(40(21)47(44,45)24-6-3-2-4-7-24)11-12-25-26(34)8-5-9-29(25)38-31(41)30(39-32(42)43)33(14-16-46-17-15-33)22-10-13-27(35)28(36)18-22/h2-10,13,18,21,23,30,37,39H,11-12,14-17,19-20H2,1H3,(H,38,41)(H,42,43)/t21-,23-,30+/m0/s1. The van der Waals surface area contributed by atoms with E-state index in [0.717, 1.165) is 12.1 Å². The molecule has 2 aliphatic heterocycles. The molecule has 0 bridgehead atoms. The van der Waals surface area contributed by atoms with E-state index in [1.54, 1.807) is 25.1 Å². The van der Waals surface area contributed by atoms with Gasteiger partial charge in [0, 0.05) is 55.1 Å². The van der Waals surface area contributed by atoms with Gasteiger partial charge < -0.3 is 25.8 Å². The van der Waals surface area contributed by atoms with Crippen LogP contribution in [0.2, 0.25) is 0 Å².